The molecule has 2 unspecified atom stereocenters. The number of nitrogens with one attached hydrogen (secondary N) is 1. The van der Waals surface area contributed by atoms with Gasteiger partial charge in [0.05, 0.1) is 0 Å². The average Bonchev–Trinajstić information content (AvgIpc) is 2.21. The molecule has 0 saturated carbocycles. The summed E-state index contributed by atoms with van der Waals surface area (Å²) in [5.41, 5.74) is 0. The first-order chi connectivity index (χ1) is 7.47. The van der Waals surface area contributed by atoms with Gasteiger partial charge in [-0.05, 0) is 23.8 Å². The van der Waals surface area contributed by atoms with Gasteiger partial charge in [-0.25, -0.2) is 4.79 Å². The van der Waals surface area contributed by atoms with E-state index in [4.69, 9.17) is 5.11 Å². The average molecular weight is 247 g/mol. The Hall–Kier alpha value is -0.710. The Kier molecular flexibility index (Phi) is 8.07. The number of amides is 1. The van der Waals surface area contributed by atoms with Gasteiger partial charge < -0.3 is 10.4 Å². The number of hydrogen-bond acceptors (Lipinski definition) is 3. The van der Waals surface area contributed by atoms with E-state index in [9.17, 15) is 9.59 Å². The molecule has 94 valence electrons. The Morgan fingerprint density at radius 1 is 1.44 bits per heavy atom. The number of carboxylic acids is 1. The fraction of sp³-hybridized carbons (Fsp3) is 0.818. The minimum atomic E-state index is -0.959. The molecule has 0 spiro atoms. The Balaban J connectivity index is 3.77. The molecular formula is C11H21NO3S. The van der Waals surface area contributed by atoms with E-state index in [1.807, 2.05) is 0 Å². The van der Waals surface area contributed by atoms with E-state index < -0.39 is 12.0 Å². The minimum Gasteiger partial charge on any atom is -0.480 e. The van der Waals surface area contributed by atoms with Gasteiger partial charge in [0.2, 0.25) is 5.91 Å². The molecule has 0 bridgehead atoms. The molecule has 2 N–H and O–H groups in total. The second-order valence-electron chi connectivity index (χ2n) is 3.97. The van der Waals surface area contributed by atoms with Crippen molar-refractivity contribution in [3.63, 3.8) is 0 Å². The van der Waals surface area contributed by atoms with Gasteiger partial charge in [0.1, 0.15) is 6.04 Å². The number of rotatable bonds is 8. The van der Waals surface area contributed by atoms with E-state index in [0.29, 0.717) is 12.3 Å². The SMILES string of the molecule is CCC(C)CSCCC(NC(C)=O)C(=O)O. The van der Waals surface area contributed by atoms with Gasteiger partial charge in [0.25, 0.3) is 0 Å². The maximum atomic E-state index is 10.8. The summed E-state index contributed by atoms with van der Waals surface area (Å²) in [7, 11) is 0. The van der Waals surface area contributed by atoms with Crippen molar-refractivity contribution in [3.05, 3.63) is 0 Å². The van der Waals surface area contributed by atoms with Gasteiger partial charge in [-0.2, -0.15) is 11.8 Å². The molecule has 2 atom stereocenters. The van der Waals surface area contributed by atoms with Crippen LogP contribution in [0.15, 0.2) is 0 Å². The summed E-state index contributed by atoms with van der Waals surface area (Å²) in [5.74, 6) is 1.22. The smallest absolute Gasteiger partial charge is 0.326 e. The highest BCUT2D eigenvalue weighted by Crippen LogP contribution is 2.13. The minimum absolute atomic E-state index is 0.292. The molecule has 0 aromatic rings. The molecule has 0 aliphatic rings. The van der Waals surface area contributed by atoms with Crippen molar-refractivity contribution in [3.8, 4) is 0 Å². The summed E-state index contributed by atoms with van der Waals surface area (Å²) >= 11 is 1.74. The third-order valence-corrected chi connectivity index (χ3v) is 3.65. The van der Waals surface area contributed by atoms with E-state index in [-0.39, 0.29) is 5.91 Å². The van der Waals surface area contributed by atoms with Crippen LogP contribution in [0, 0.1) is 5.92 Å². The summed E-state index contributed by atoms with van der Waals surface area (Å²) in [4.78, 5) is 21.6. The molecule has 0 saturated heterocycles. The summed E-state index contributed by atoms with van der Waals surface area (Å²) < 4.78 is 0. The molecule has 0 aliphatic carbocycles. The molecule has 0 aliphatic heterocycles. The third-order valence-electron chi connectivity index (χ3n) is 2.33. The maximum Gasteiger partial charge on any atom is 0.326 e. The molecule has 0 aromatic heterocycles. The number of carbonyl (C=O) groups is 2. The van der Waals surface area contributed by atoms with Crippen LogP contribution in [-0.4, -0.2) is 34.5 Å². The lowest BCUT2D eigenvalue weighted by atomic mass is 10.2. The lowest BCUT2D eigenvalue weighted by molar-refractivity contribution is -0.141. The van der Waals surface area contributed by atoms with E-state index >= 15 is 0 Å². The largest absolute Gasteiger partial charge is 0.480 e. The number of carbonyl (C=O) groups excluding carboxylic acids is 1. The zero-order valence-electron chi connectivity index (χ0n) is 10.2. The molecule has 5 heteroatoms. The fourth-order valence-electron chi connectivity index (χ4n) is 1.11. The normalized spacial score (nSPS) is 14.2. The summed E-state index contributed by atoms with van der Waals surface area (Å²) in [6, 6.07) is -0.748. The summed E-state index contributed by atoms with van der Waals surface area (Å²) in [6.45, 7) is 5.65. The number of aliphatic carboxylic acids is 1. The highest BCUT2D eigenvalue weighted by molar-refractivity contribution is 7.99. The fourth-order valence-corrected chi connectivity index (χ4v) is 2.31. The second kappa shape index (κ2) is 8.44. The van der Waals surface area contributed by atoms with Gasteiger partial charge in [0.15, 0.2) is 0 Å². The maximum absolute atomic E-state index is 10.8. The first-order valence-corrected chi connectivity index (χ1v) is 6.70. The van der Waals surface area contributed by atoms with Crippen molar-refractivity contribution >= 4 is 23.6 Å². The van der Waals surface area contributed by atoms with E-state index in [1.165, 1.54) is 6.92 Å². The van der Waals surface area contributed by atoms with E-state index in [2.05, 4.69) is 19.2 Å². The number of carboxylic acid groups (broad SMARTS) is 1. The van der Waals surface area contributed by atoms with Crippen molar-refractivity contribution in [2.75, 3.05) is 11.5 Å². The van der Waals surface area contributed by atoms with Crippen molar-refractivity contribution in [1.82, 2.24) is 5.32 Å². The van der Waals surface area contributed by atoms with Crippen LogP contribution in [0.2, 0.25) is 0 Å². The standard InChI is InChI=1S/C11H21NO3S/c1-4-8(2)7-16-6-5-10(11(14)15)12-9(3)13/h8,10H,4-7H2,1-3H3,(H,12,13)(H,14,15). The molecule has 0 fully saturated rings. The zero-order valence-corrected chi connectivity index (χ0v) is 11.0. The summed E-state index contributed by atoms with van der Waals surface area (Å²) in [5, 5.41) is 11.3. The van der Waals surface area contributed by atoms with Crippen LogP contribution in [0.4, 0.5) is 0 Å². The highest BCUT2D eigenvalue weighted by Gasteiger charge is 2.17. The molecule has 4 nitrogen and oxygen atoms in total. The molecular weight excluding hydrogens is 226 g/mol. The van der Waals surface area contributed by atoms with Crippen molar-refractivity contribution in [2.45, 2.75) is 39.7 Å². The predicted octanol–water partition coefficient (Wildman–Crippen LogP) is 1.75. The zero-order chi connectivity index (χ0) is 12.6. The topological polar surface area (TPSA) is 66.4 Å². The van der Waals surface area contributed by atoms with Crippen LogP contribution in [-0.2, 0) is 9.59 Å². The van der Waals surface area contributed by atoms with E-state index in [1.54, 1.807) is 11.8 Å². The van der Waals surface area contributed by atoms with Crippen molar-refractivity contribution in [1.29, 1.82) is 0 Å². The molecule has 0 heterocycles. The third kappa shape index (κ3) is 7.56. The second-order valence-corrected chi connectivity index (χ2v) is 5.12. The van der Waals surface area contributed by atoms with E-state index in [0.717, 1.165) is 17.9 Å². The lowest BCUT2D eigenvalue weighted by Gasteiger charge is -2.13. The van der Waals surface area contributed by atoms with Gasteiger partial charge in [-0.1, -0.05) is 20.3 Å². The Labute approximate surface area is 101 Å². The van der Waals surface area contributed by atoms with Crippen LogP contribution >= 0.6 is 11.8 Å². The Morgan fingerprint density at radius 3 is 2.50 bits per heavy atom. The Bertz CT molecular complexity index is 233. The Morgan fingerprint density at radius 2 is 2.06 bits per heavy atom. The first kappa shape index (κ1) is 15.3. The van der Waals surface area contributed by atoms with Gasteiger partial charge in [-0.3, -0.25) is 4.79 Å². The quantitative estimate of drug-likeness (QED) is 0.641. The number of thioether (sulfide) groups is 1. The molecule has 0 aromatic carbocycles. The van der Waals surface area contributed by atoms with Gasteiger partial charge >= 0.3 is 5.97 Å². The highest BCUT2D eigenvalue weighted by atomic mass is 32.2. The molecule has 0 radical (unpaired) electrons. The molecule has 16 heavy (non-hydrogen) atoms. The van der Waals surface area contributed by atoms with Crippen LogP contribution in [0.25, 0.3) is 0 Å². The van der Waals surface area contributed by atoms with Crippen LogP contribution in [0.5, 0.6) is 0 Å². The van der Waals surface area contributed by atoms with Crippen LogP contribution in [0.3, 0.4) is 0 Å². The first-order valence-electron chi connectivity index (χ1n) is 5.55. The summed E-state index contributed by atoms with van der Waals surface area (Å²) in [6.07, 6.45) is 1.62. The monoisotopic (exact) mass is 247 g/mol. The number of hydrogen-bond donors (Lipinski definition) is 2. The van der Waals surface area contributed by atoms with Crippen LogP contribution < -0.4 is 5.32 Å². The van der Waals surface area contributed by atoms with Gasteiger partial charge in [-0.15, -0.1) is 0 Å². The van der Waals surface area contributed by atoms with Crippen molar-refractivity contribution < 1.29 is 14.7 Å². The molecule has 0 rings (SSSR count). The van der Waals surface area contributed by atoms with Crippen LogP contribution in [0.1, 0.15) is 33.6 Å². The predicted molar refractivity (Wildman–Crippen MR) is 66.6 cm³/mol. The van der Waals surface area contributed by atoms with Crippen molar-refractivity contribution in [2.24, 2.45) is 5.92 Å². The molecule has 1 amide bonds. The lowest BCUT2D eigenvalue weighted by Crippen LogP contribution is -2.39. The van der Waals surface area contributed by atoms with Gasteiger partial charge in [0, 0.05) is 6.92 Å².